The number of H-pyrrole nitrogens is 1. The number of nitrogens with one attached hydrogen (secondary N) is 2. The summed E-state index contributed by atoms with van der Waals surface area (Å²) in [5.41, 5.74) is 2.45. The van der Waals surface area contributed by atoms with Gasteiger partial charge < -0.3 is 15.0 Å². The van der Waals surface area contributed by atoms with Crippen LogP contribution in [-0.2, 0) is 0 Å². The van der Waals surface area contributed by atoms with E-state index in [4.69, 9.17) is 10.00 Å². The number of pyridine rings is 1. The molecule has 0 fully saturated rings. The molecule has 0 radical (unpaired) electrons. The first kappa shape index (κ1) is 16.3. The number of carbonyl (C=O) groups excluding carboxylic acids is 1. The molecule has 3 aromatic rings. The number of carbonyl (C=O) groups is 1. The highest BCUT2D eigenvalue weighted by molar-refractivity contribution is 5.93. The molecule has 1 atom stereocenters. The maximum Gasteiger partial charge on any atom is 0.268 e. The zero-order chi connectivity index (χ0) is 17.6. The summed E-state index contributed by atoms with van der Waals surface area (Å²) in [6.45, 7) is 0. The van der Waals surface area contributed by atoms with Gasteiger partial charge in [-0.3, -0.25) is 9.78 Å². The fraction of sp³-hybridized carbons (Fsp3) is 0.105. The lowest BCUT2D eigenvalue weighted by atomic mass is 9.99. The molecule has 2 aromatic heterocycles. The highest BCUT2D eigenvalue weighted by Gasteiger charge is 2.19. The summed E-state index contributed by atoms with van der Waals surface area (Å²) < 4.78 is 5.28. The van der Waals surface area contributed by atoms with Crippen molar-refractivity contribution in [2.45, 2.75) is 6.04 Å². The first-order chi connectivity index (χ1) is 12.2. The Labute approximate surface area is 145 Å². The van der Waals surface area contributed by atoms with Crippen molar-refractivity contribution in [3.05, 3.63) is 83.4 Å². The summed E-state index contributed by atoms with van der Waals surface area (Å²) >= 11 is 0. The Morgan fingerprint density at radius 2 is 2.12 bits per heavy atom. The third-order valence-electron chi connectivity index (χ3n) is 3.78. The number of benzene rings is 1. The van der Waals surface area contributed by atoms with E-state index in [2.05, 4.69) is 15.3 Å². The maximum absolute atomic E-state index is 12.6. The van der Waals surface area contributed by atoms with E-state index in [1.54, 1.807) is 19.5 Å². The molecule has 1 aromatic carbocycles. The molecule has 124 valence electrons. The monoisotopic (exact) mass is 332 g/mol. The van der Waals surface area contributed by atoms with Gasteiger partial charge in [-0.25, -0.2) is 0 Å². The van der Waals surface area contributed by atoms with Crippen LogP contribution in [0, 0.1) is 11.3 Å². The fourth-order valence-corrected chi connectivity index (χ4v) is 2.53. The average molecular weight is 332 g/mol. The number of nitriles is 1. The van der Waals surface area contributed by atoms with Crippen LogP contribution in [0.25, 0.3) is 0 Å². The molecule has 0 aliphatic carbocycles. The normalized spacial score (nSPS) is 11.4. The Kier molecular flexibility index (Phi) is 4.77. The molecular formula is C19H16N4O2. The van der Waals surface area contributed by atoms with Crippen LogP contribution < -0.4 is 10.1 Å². The van der Waals surface area contributed by atoms with Crippen molar-refractivity contribution in [3.63, 3.8) is 0 Å². The number of ether oxygens (including phenoxy) is 1. The molecule has 0 unspecified atom stereocenters. The van der Waals surface area contributed by atoms with Crippen molar-refractivity contribution < 1.29 is 9.53 Å². The molecule has 3 rings (SSSR count). The maximum atomic E-state index is 12.6. The number of hydrogen-bond donors (Lipinski definition) is 2. The summed E-state index contributed by atoms with van der Waals surface area (Å²) in [6.07, 6.45) is 4.89. The zero-order valence-corrected chi connectivity index (χ0v) is 13.6. The quantitative estimate of drug-likeness (QED) is 0.751. The van der Waals surface area contributed by atoms with Crippen molar-refractivity contribution in [1.29, 1.82) is 5.26 Å². The minimum Gasteiger partial charge on any atom is -0.497 e. The van der Waals surface area contributed by atoms with Crippen LogP contribution in [0.15, 0.2) is 61.1 Å². The number of methoxy groups -OCH3 is 1. The molecule has 25 heavy (non-hydrogen) atoms. The molecule has 0 saturated heterocycles. The van der Waals surface area contributed by atoms with E-state index in [1.165, 1.54) is 12.3 Å². The molecule has 6 nitrogen and oxygen atoms in total. The van der Waals surface area contributed by atoms with Crippen LogP contribution in [0.5, 0.6) is 5.75 Å². The number of hydrogen-bond acceptors (Lipinski definition) is 4. The summed E-state index contributed by atoms with van der Waals surface area (Å²) in [4.78, 5) is 19.5. The van der Waals surface area contributed by atoms with E-state index >= 15 is 0 Å². The summed E-state index contributed by atoms with van der Waals surface area (Å²) in [6, 6.07) is 14.3. The molecule has 1 amide bonds. The number of nitrogens with zero attached hydrogens (tertiary/aromatic N) is 2. The van der Waals surface area contributed by atoms with E-state index in [9.17, 15) is 4.79 Å². The van der Waals surface area contributed by atoms with Crippen molar-refractivity contribution in [2.24, 2.45) is 0 Å². The highest BCUT2D eigenvalue weighted by Crippen LogP contribution is 2.25. The summed E-state index contributed by atoms with van der Waals surface area (Å²) in [5.74, 6) is 0.394. The number of rotatable bonds is 5. The van der Waals surface area contributed by atoms with Crippen LogP contribution in [0.1, 0.15) is 33.2 Å². The average Bonchev–Trinajstić information content (AvgIpc) is 3.16. The molecule has 2 heterocycles. The fourth-order valence-electron chi connectivity index (χ4n) is 2.53. The second-order valence-corrected chi connectivity index (χ2v) is 5.38. The third-order valence-corrected chi connectivity index (χ3v) is 3.78. The van der Waals surface area contributed by atoms with Gasteiger partial charge in [0.25, 0.3) is 5.91 Å². The Hall–Kier alpha value is -3.59. The van der Waals surface area contributed by atoms with Crippen molar-refractivity contribution >= 4 is 5.91 Å². The van der Waals surface area contributed by atoms with Crippen LogP contribution in [0.4, 0.5) is 0 Å². The van der Waals surface area contributed by atoms with Gasteiger partial charge in [0.1, 0.15) is 17.5 Å². The van der Waals surface area contributed by atoms with E-state index in [1.807, 2.05) is 42.5 Å². The highest BCUT2D eigenvalue weighted by atomic mass is 16.5. The Morgan fingerprint density at radius 3 is 2.80 bits per heavy atom. The summed E-state index contributed by atoms with van der Waals surface area (Å²) in [5, 5.41) is 11.9. The van der Waals surface area contributed by atoms with Gasteiger partial charge in [0.05, 0.1) is 18.7 Å². The lowest BCUT2D eigenvalue weighted by molar-refractivity contribution is 0.0938. The smallest absolute Gasteiger partial charge is 0.268 e. The van der Waals surface area contributed by atoms with Gasteiger partial charge in [-0.15, -0.1) is 0 Å². The van der Waals surface area contributed by atoms with E-state index in [-0.39, 0.29) is 5.91 Å². The molecule has 0 aliphatic heterocycles. The predicted molar refractivity (Wildman–Crippen MR) is 92.0 cm³/mol. The van der Waals surface area contributed by atoms with Crippen LogP contribution in [-0.4, -0.2) is 23.0 Å². The van der Waals surface area contributed by atoms with E-state index in [0.29, 0.717) is 17.0 Å². The molecule has 2 N–H and O–H groups in total. The molecule has 0 spiro atoms. The van der Waals surface area contributed by atoms with Gasteiger partial charge >= 0.3 is 0 Å². The minimum atomic E-state index is -0.398. The van der Waals surface area contributed by atoms with Gasteiger partial charge in [-0.1, -0.05) is 18.2 Å². The largest absolute Gasteiger partial charge is 0.497 e. The number of aromatic nitrogens is 2. The Morgan fingerprint density at radius 1 is 1.28 bits per heavy atom. The number of aromatic amines is 1. The van der Waals surface area contributed by atoms with Crippen LogP contribution >= 0.6 is 0 Å². The van der Waals surface area contributed by atoms with Crippen LogP contribution in [0.2, 0.25) is 0 Å². The van der Waals surface area contributed by atoms with Gasteiger partial charge in [-0.2, -0.15) is 5.26 Å². The van der Waals surface area contributed by atoms with Gasteiger partial charge in [-0.05, 0) is 35.4 Å². The third kappa shape index (κ3) is 3.67. The topological polar surface area (TPSA) is 90.8 Å². The van der Waals surface area contributed by atoms with E-state index in [0.717, 1.165) is 11.1 Å². The van der Waals surface area contributed by atoms with Crippen LogP contribution in [0.3, 0.4) is 0 Å². The molecule has 0 bridgehead atoms. The Bertz CT molecular complexity index is 912. The molecule has 6 heteroatoms. The summed E-state index contributed by atoms with van der Waals surface area (Å²) in [7, 11) is 1.60. The zero-order valence-electron chi connectivity index (χ0n) is 13.6. The lowest BCUT2D eigenvalue weighted by Gasteiger charge is -2.19. The van der Waals surface area contributed by atoms with Gasteiger partial charge in [0.2, 0.25) is 0 Å². The van der Waals surface area contributed by atoms with E-state index < -0.39 is 6.04 Å². The number of amides is 1. The lowest BCUT2D eigenvalue weighted by Crippen LogP contribution is -2.29. The Balaban J connectivity index is 1.94. The first-order valence-electron chi connectivity index (χ1n) is 7.64. The van der Waals surface area contributed by atoms with Gasteiger partial charge in [0, 0.05) is 18.6 Å². The SMILES string of the molecule is COc1cccc([C@@H](NC(=O)c2cc(C#N)c[nH]2)c2cccnc2)c1. The molecule has 0 aliphatic rings. The van der Waals surface area contributed by atoms with Gasteiger partial charge in [0.15, 0.2) is 0 Å². The molecular weight excluding hydrogens is 316 g/mol. The van der Waals surface area contributed by atoms with Crippen molar-refractivity contribution in [3.8, 4) is 11.8 Å². The van der Waals surface area contributed by atoms with Crippen molar-refractivity contribution in [2.75, 3.05) is 7.11 Å². The standard InChI is InChI=1S/C19H16N4O2/c1-25-16-6-2-4-14(9-16)18(15-5-3-7-21-12-15)23-19(24)17-8-13(10-20)11-22-17/h2-9,11-12,18,22H,1H3,(H,23,24)/t18-/m1/s1. The predicted octanol–water partition coefficient (Wildman–Crippen LogP) is 2.81. The second kappa shape index (κ2) is 7.32. The first-order valence-corrected chi connectivity index (χ1v) is 7.64. The minimum absolute atomic E-state index is 0.307. The second-order valence-electron chi connectivity index (χ2n) is 5.38. The van der Waals surface area contributed by atoms with Crippen molar-refractivity contribution in [1.82, 2.24) is 15.3 Å². The molecule has 0 saturated carbocycles.